The van der Waals surface area contributed by atoms with Crippen LogP contribution < -0.4 is 21.3 Å². The molecule has 3 aliphatic carbocycles. The topological polar surface area (TPSA) is 192 Å². The first-order valence-corrected chi connectivity index (χ1v) is 18.8. The van der Waals surface area contributed by atoms with Crippen LogP contribution in [0.4, 0.5) is 0 Å². The SMILES string of the molecule is C#CCOCCOCCNC(=O)CCC(CCC(=O)NCCOCCOCC#C)(CCC(=O)NCCOCCOCC#C)NC(=O)[C@@H]1C[C@H](O)C2CC1C2. The van der Waals surface area contributed by atoms with Crippen LogP contribution in [0.25, 0.3) is 0 Å². The highest BCUT2D eigenvalue weighted by Gasteiger charge is 2.49. The van der Waals surface area contributed by atoms with Gasteiger partial charge in [-0.25, -0.2) is 0 Å². The summed E-state index contributed by atoms with van der Waals surface area (Å²) < 4.78 is 31.9. The van der Waals surface area contributed by atoms with E-state index >= 15 is 0 Å². The molecular formula is C39H60N4O11. The normalized spacial score (nSPS) is 18.6. The highest BCUT2D eigenvalue weighted by molar-refractivity contribution is 5.82. The molecule has 0 radical (unpaired) electrons. The molecule has 0 unspecified atom stereocenters. The number of hydrogen-bond acceptors (Lipinski definition) is 11. The van der Waals surface area contributed by atoms with Gasteiger partial charge in [-0.3, -0.25) is 19.2 Å². The van der Waals surface area contributed by atoms with E-state index in [0.29, 0.717) is 46.1 Å². The molecule has 5 N–H and O–H groups in total. The second kappa shape index (κ2) is 28.7. The Balaban J connectivity index is 2.05. The lowest BCUT2D eigenvalue weighted by atomic mass is 9.58. The van der Waals surface area contributed by atoms with Gasteiger partial charge in [0.15, 0.2) is 0 Å². The molecule has 3 aliphatic rings. The number of carbonyl (C=O) groups is 4. The zero-order chi connectivity index (χ0) is 39.3. The molecule has 0 saturated heterocycles. The first-order valence-electron chi connectivity index (χ1n) is 18.8. The molecule has 0 aromatic rings. The van der Waals surface area contributed by atoms with Crippen LogP contribution >= 0.6 is 0 Å². The summed E-state index contributed by atoms with van der Waals surface area (Å²) in [5.41, 5.74) is -1.07. The highest BCUT2D eigenvalue weighted by atomic mass is 16.5. The number of hydrogen-bond donors (Lipinski definition) is 5. The van der Waals surface area contributed by atoms with Crippen LogP contribution in [0.5, 0.6) is 0 Å². The Morgan fingerprint density at radius 2 is 0.926 bits per heavy atom. The van der Waals surface area contributed by atoms with Crippen molar-refractivity contribution in [3.63, 3.8) is 0 Å². The number of carbonyl (C=O) groups excluding carboxylic acids is 4. The minimum atomic E-state index is -1.07. The maximum atomic E-state index is 13.9. The first-order chi connectivity index (χ1) is 26.2. The molecular weight excluding hydrogens is 700 g/mol. The van der Waals surface area contributed by atoms with Crippen molar-refractivity contribution in [1.82, 2.24) is 21.3 Å². The van der Waals surface area contributed by atoms with Crippen molar-refractivity contribution in [3.05, 3.63) is 0 Å². The van der Waals surface area contributed by atoms with Crippen LogP contribution in [0.15, 0.2) is 0 Å². The van der Waals surface area contributed by atoms with E-state index in [0.717, 1.165) is 12.8 Å². The molecule has 2 atom stereocenters. The number of ether oxygens (including phenoxy) is 6. The van der Waals surface area contributed by atoms with Crippen molar-refractivity contribution in [1.29, 1.82) is 0 Å². The smallest absolute Gasteiger partial charge is 0.223 e. The quantitative estimate of drug-likeness (QED) is 0.0456. The van der Waals surface area contributed by atoms with Gasteiger partial charge in [0.2, 0.25) is 23.6 Å². The minimum Gasteiger partial charge on any atom is -0.393 e. The number of rotatable bonds is 32. The first kappa shape index (κ1) is 46.4. The number of terminal acetylenes is 3. The summed E-state index contributed by atoms with van der Waals surface area (Å²) in [5, 5.41) is 22.3. The van der Waals surface area contributed by atoms with Crippen LogP contribution in [0.2, 0.25) is 0 Å². The van der Waals surface area contributed by atoms with E-state index in [1.54, 1.807) is 0 Å². The second-order valence-corrected chi connectivity index (χ2v) is 13.3. The summed E-state index contributed by atoms with van der Waals surface area (Å²) in [6.45, 7) is 4.17. The van der Waals surface area contributed by atoms with Crippen LogP contribution in [0, 0.1) is 54.8 Å². The monoisotopic (exact) mass is 760 g/mol. The van der Waals surface area contributed by atoms with E-state index in [1.807, 2.05) is 0 Å². The van der Waals surface area contributed by atoms with E-state index in [9.17, 15) is 24.3 Å². The van der Waals surface area contributed by atoms with Gasteiger partial charge >= 0.3 is 0 Å². The molecule has 0 spiro atoms. The van der Waals surface area contributed by atoms with Crippen molar-refractivity contribution in [2.75, 3.05) is 98.9 Å². The summed E-state index contributed by atoms with van der Waals surface area (Å²) >= 11 is 0. The predicted molar refractivity (Wildman–Crippen MR) is 199 cm³/mol. The Hall–Kier alpha value is -3.72. The maximum absolute atomic E-state index is 13.9. The van der Waals surface area contributed by atoms with Crippen molar-refractivity contribution < 1.29 is 52.7 Å². The Bertz CT molecular complexity index is 1130. The molecule has 0 aromatic heterocycles. The van der Waals surface area contributed by atoms with E-state index < -0.39 is 17.6 Å². The van der Waals surface area contributed by atoms with Gasteiger partial charge in [-0.1, -0.05) is 17.8 Å². The Labute approximate surface area is 320 Å². The molecule has 2 bridgehead atoms. The molecule has 3 saturated carbocycles. The highest BCUT2D eigenvalue weighted by Crippen LogP contribution is 2.49. The summed E-state index contributed by atoms with van der Waals surface area (Å²) in [5.74, 6) is 6.07. The third-order valence-corrected chi connectivity index (χ3v) is 9.41. The Morgan fingerprint density at radius 1 is 0.556 bits per heavy atom. The van der Waals surface area contributed by atoms with Crippen molar-refractivity contribution in [2.24, 2.45) is 17.8 Å². The molecule has 15 heteroatoms. The van der Waals surface area contributed by atoms with E-state index in [-0.39, 0.29) is 133 Å². The lowest BCUT2D eigenvalue weighted by molar-refractivity contribution is -0.142. The molecule has 54 heavy (non-hydrogen) atoms. The largest absolute Gasteiger partial charge is 0.393 e. The summed E-state index contributed by atoms with van der Waals surface area (Å²) in [6, 6.07) is 0. The van der Waals surface area contributed by atoms with Gasteiger partial charge in [0.1, 0.15) is 19.8 Å². The van der Waals surface area contributed by atoms with Crippen LogP contribution in [-0.4, -0.2) is 139 Å². The average molecular weight is 761 g/mol. The molecule has 4 amide bonds. The fourth-order valence-corrected chi connectivity index (χ4v) is 6.40. The predicted octanol–water partition coefficient (Wildman–Crippen LogP) is -0.0632. The molecule has 0 aromatic carbocycles. The third kappa shape index (κ3) is 20.1. The number of aliphatic hydroxyl groups is 1. The lowest BCUT2D eigenvalue weighted by Gasteiger charge is -2.49. The Morgan fingerprint density at radius 3 is 1.28 bits per heavy atom. The van der Waals surface area contributed by atoms with Crippen molar-refractivity contribution >= 4 is 23.6 Å². The number of fused-ring (bicyclic) bond motifs is 2. The summed E-state index contributed by atoms with van der Waals surface area (Å²) in [6.07, 6.45) is 17.5. The standard InChI is InChI=1S/C39H60N4O11/c1-4-16-49-22-25-52-19-13-40-35(45)7-10-39(43-38(48)33-30-34(44)32-28-31(33)29-32,11-8-36(46)41-14-20-53-26-23-50-17-5-2)12-9-37(47)42-15-21-54-27-24-51-18-6-3/h1-3,31-34,44H,7-30H2,(H,40,45)(H,41,46)(H,42,47)(H,43,48)/t31?,32?,33-,34+/m1/s1. The van der Waals surface area contributed by atoms with Crippen LogP contribution in [0.3, 0.4) is 0 Å². The van der Waals surface area contributed by atoms with Gasteiger partial charge in [-0.15, -0.1) is 19.3 Å². The minimum absolute atomic E-state index is 0.0266. The zero-order valence-corrected chi connectivity index (χ0v) is 31.5. The fourth-order valence-electron chi connectivity index (χ4n) is 6.40. The van der Waals surface area contributed by atoms with Gasteiger partial charge in [-0.2, -0.15) is 0 Å². The van der Waals surface area contributed by atoms with Gasteiger partial charge in [0.05, 0.1) is 65.6 Å². The molecule has 0 aliphatic heterocycles. The fraction of sp³-hybridized carbons (Fsp3) is 0.744. The maximum Gasteiger partial charge on any atom is 0.223 e. The third-order valence-electron chi connectivity index (χ3n) is 9.41. The lowest BCUT2D eigenvalue weighted by Crippen LogP contribution is -2.57. The molecule has 0 heterocycles. The number of amides is 4. The van der Waals surface area contributed by atoms with Crippen molar-refractivity contribution in [3.8, 4) is 37.0 Å². The molecule has 302 valence electrons. The van der Waals surface area contributed by atoms with Crippen LogP contribution in [0.1, 0.15) is 57.8 Å². The van der Waals surface area contributed by atoms with Gasteiger partial charge in [0.25, 0.3) is 0 Å². The van der Waals surface area contributed by atoms with Crippen molar-refractivity contribution in [2.45, 2.75) is 69.4 Å². The Kier molecular flexibility index (Phi) is 24.7. The number of aliphatic hydroxyl groups excluding tert-OH is 1. The van der Waals surface area contributed by atoms with Gasteiger partial charge in [-0.05, 0) is 50.4 Å². The van der Waals surface area contributed by atoms with Gasteiger partial charge < -0.3 is 54.8 Å². The van der Waals surface area contributed by atoms with Gasteiger partial charge in [0, 0.05) is 50.4 Å². The van der Waals surface area contributed by atoms with E-state index in [1.165, 1.54) is 0 Å². The van der Waals surface area contributed by atoms with Crippen LogP contribution in [-0.2, 0) is 47.6 Å². The molecule has 15 nitrogen and oxygen atoms in total. The number of nitrogens with one attached hydrogen (secondary N) is 4. The average Bonchev–Trinajstić information content (AvgIpc) is 3.14. The zero-order valence-electron chi connectivity index (χ0n) is 31.5. The molecule has 3 fully saturated rings. The summed E-state index contributed by atoms with van der Waals surface area (Å²) in [7, 11) is 0. The molecule has 3 rings (SSSR count). The van der Waals surface area contributed by atoms with E-state index in [4.69, 9.17) is 47.7 Å². The second-order valence-electron chi connectivity index (χ2n) is 13.3. The van der Waals surface area contributed by atoms with E-state index in [2.05, 4.69) is 39.0 Å². The summed E-state index contributed by atoms with van der Waals surface area (Å²) in [4.78, 5) is 53.0.